The number of anilines is 1. The van der Waals surface area contributed by atoms with E-state index in [1.165, 1.54) is 25.2 Å². The molecule has 3 aromatic carbocycles. The molecule has 39 heavy (non-hydrogen) atoms. The largest absolute Gasteiger partial charge is 0.346 e. The van der Waals surface area contributed by atoms with Gasteiger partial charge in [0.1, 0.15) is 5.82 Å². The monoisotopic (exact) mass is 553 g/mol. The van der Waals surface area contributed by atoms with Crippen LogP contribution in [0, 0.1) is 5.82 Å². The van der Waals surface area contributed by atoms with E-state index in [4.69, 9.17) is 10.6 Å². The maximum atomic E-state index is 13.3. The number of carbonyl (C=O) groups is 1. The standard InChI is InChI=1S/C28H32FN5O4S/c1-18(20-10-12-23(29)13-11-20)31-26(35)22-14-21(15-24(16-22)34(3)39(4,36)37)25-32-27(38-33-25)28(2,30)17-19-8-6-5-7-9-19/h5-16,18,27H,17,30H2,1-4H3,(H,31,35)(H,32,33)/t18-,27?,28-/m1/s1. The number of sulfonamides is 1. The number of hydroxylamine groups is 1. The van der Waals surface area contributed by atoms with Gasteiger partial charge in [-0.2, -0.15) is 0 Å². The zero-order valence-corrected chi connectivity index (χ0v) is 23.0. The highest BCUT2D eigenvalue weighted by molar-refractivity contribution is 7.92. The van der Waals surface area contributed by atoms with Crippen molar-refractivity contribution in [1.29, 1.82) is 0 Å². The van der Waals surface area contributed by atoms with E-state index in [0.29, 0.717) is 23.4 Å². The van der Waals surface area contributed by atoms with Gasteiger partial charge in [0.25, 0.3) is 5.91 Å². The lowest BCUT2D eigenvalue weighted by atomic mass is 9.92. The van der Waals surface area contributed by atoms with Crippen LogP contribution in [0.25, 0.3) is 0 Å². The smallest absolute Gasteiger partial charge is 0.251 e. The number of hydrogen-bond acceptors (Lipinski definition) is 7. The van der Waals surface area contributed by atoms with Crippen LogP contribution in [0.4, 0.5) is 10.1 Å². The maximum Gasteiger partial charge on any atom is 0.251 e. The lowest BCUT2D eigenvalue weighted by molar-refractivity contribution is -0.00582. The molecule has 1 amide bonds. The molecule has 1 aliphatic heterocycles. The second-order valence-electron chi connectivity index (χ2n) is 9.96. The van der Waals surface area contributed by atoms with Crippen LogP contribution >= 0.6 is 0 Å². The van der Waals surface area contributed by atoms with Gasteiger partial charge < -0.3 is 11.1 Å². The van der Waals surface area contributed by atoms with Gasteiger partial charge in [0.15, 0.2) is 12.1 Å². The van der Waals surface area contributed by atoms with Crippen LogP contribution in [0.5, 0.6) is 0 Å². The number of halogens is 1. The van der Waals surface area contributed by atoms with Crippen LogP contribution in [0.3, 0.4) is 0 Å². The van der Waals surface area contributed by atoms with E-state index in [1.807, 2.05) is 37.3 Å². The van der Waals surface area contributed by atoms with Gasteiger partial charge in [-0.1, -0.05) is 42.5 Å². The Morgan fingerprint density at radius 1 is 1.18 bits per heavy atom. The van der Waals surface area contributed by atoms with Gasteiger partial charge in [0.2, 0.25) is 10.0 Å². The minimum atomic E-state index is -3.62. The van der Waals surface area contributed by atoms with Crippen LogP contribution < -0.4 is 20.8 Å². The molecular weight excluding hydrogens is 521 g/mol. The zero-order valence-electron chi connectivity index (χ0n) is 22.2. The zero-order chi connectivity index (χ0) is 28.4. The van der Waals surface area contributed by atoms with Gasteiger partial charge in [-0.25, -0.2) is 28.1 Å². The van der Waals surface area contributed by atoms with Gasteiger partial charge in [-0.3, -0.25) is 9.10 Å². The molecule has 9 nitrogen and oxygen atoms in total. The van der Waals surface area contributed by atoms with E-state index in [9.17, 15) is 17.6 Å². The molecule has 0 spiro atoms. The first kappa shape index (κ1) is 28.2. The number of benzene rings is 3. The predicted octanol–water partition coefficient (Wildman–Crippen LogP) is 3.28. The fourth-order valence-electron chi connectivity index (χ4n) is 4.19. The van der Waals surface area contributed by atoms with Gasteiger partial charge in [-0.15, -0.1) is 0 Å². The molecule has 0 saturated heterocycles. The van der Waals surface area contributed by atoms with Crippen LogP contribution in [0.2, 0.25) is 0 Å². The molecular formula is C28H32FN5O4S. The van der Waals surface area contributed by atoms with E-state index in [-0.39, 0.29) is 17.1 Å². The molecule has 0 bridgehead atoms. The molecule has 1 unspecified atom stereocenters. The number of nitrogens with one attached hydrogen (secondary N) is 2. The Kier molecular flexibility index (Phi) is 8.05. The Morgan fingerprint density at radius 2 is 1.85 bits per heavy atom. The normalized spacial score (nSPS) is 17.5. The van der Waals surface area contributed by atoms with Crippen LogP contribution in [-0.2, 0) is 21.3 Å². The van der Waals surface area contributed by atoms with E-state index < -0.39 is 33.7 Å². The van der Waals surface area contributed by atoms with E-state index in [0.717, 1.165) is 16.1 Å². The molecule has 206 valence electrons. The summed E-state index contributed by atoms with van der Waals surface area (Å²) in [5.74, 6) is -0.504. The molecule has 0 radical (unpaired) electrons. The van der Waals surface area contributed by atoms with Crippen molar-refractivity contribution in [2.45, 2.75) is 38.1 Å². The number of aliphatic imine (C=N–C) groups is 1. The highest BCUT2D eigenvalue weighted by Gasteiger charge is 2.36. The topological polar surface area (TPSA) is 126 Å². The second kappa shape index (κ2) is 11.1. The highest BCUT2D eigenvalue weighted by atomic mass is 32.2. The third kappa shape index (κ3) is 6.80. The first-order valence-corrected chi connectivity index (χ1v) is 14.2. The molecule has 0 fully saturated rings. The summed E-state index contributed by atoms with van der Waals surface area (Å²) in [6.45, 7) is 3.61. The average molecular weight is 554 g/mol. The van der Waals surface area contributed by atoms with Crippen molar-refractivity contribution in [1.82, 2.24) is 10.8 Å². The average Bonchev–Trinajstić information content (AvgIpc) is 3.40. The number of amidine groups is 1. The van der Waals surface area contributed by atoms with Crippen molar-refractivity contribution in [3.8, 4) is 0 Å². The van der Waals surface area contributed by atoms with Crippen LogP contribution in [0.15, 0.2) is 77.8 Å². The van der Waals surface area contributed by atoms with Crippen molar-refractivity contribution < 1.29 is 22.4 Å². The molecule has 1 aliphatic rings. The highest BCUT2D eigenvalue weighted by Crippen LogP contribution is 2.26. The first-order valence-electron chi connectivity index (χ1n) is 12.3. The fourth-order valence-corrected chi connectivity index (χ4v) is 4.68. The quantitative estimate of drug-likeness (QED) is 0.373. The molecule has 11 heteroatoms. The predicted molar refractivity (Wildman–Crippen MR) is 149 cm³/mol. The second-order valence-corrected chi connectivity index (χ2v) is 12.0. The Bertz CT molecular complexity index is 1480. The molecule has 0 aromatic heterocycles. The summed E-state index contributed by atoms with van der Waals surface area (Å²) in [6.07, 6.45) is 0.840. The Balaban J connectivity index is 1.64. The number of nitrogens with two attached hydrogens (primary N) is 1. The summed E-state index contributed by atoms with van der Waals surface area (Å²) < 4.78 is 39.0. The summed E-state index contributed by atoms with van der Waals surface area (Å²) in [4.78, 5) is 23.6. The minimum absolute atomic E-state index is 0.208. The third-order valence-electron chi connectivity index (χ3n) is 6.54. The van der Waals surface area contributed by atoms with Gasteiger partial charge in [-0.05, 0) is 61.7 Å². The SMILES string of the molecule is C[C@@H](NC(=O)c1cc(C2=NC([C@](C)(N)Cc3ccccc3)ON2)cc(N(C)S(C)(=O)=O)c1)c1ccc(F)cc1. The third-order valence-corrected chi connectivity index (χ3v) is 7.74. The molecule has 4 N–H and O–H groups in total. The number of carbonyl (C=O) groups excluding carboxylic acids is 1. The minimum Gasteiger partial charge on any atom is -0.346 e. The first-order chi connectivity index (χ1) is 18.3. The number of nitrogens with zero attached hydrogens (tertiary/aromatic N) is 2. The summed E-state index contributed by atoms with van der Waals surface area (Å²) in [6, 6.07) is 19.8. The Hall–Kier alpha value is -3.80. The Labute approximate surface area is 227 Å². The lowest BCUT2D eigenvalue weighted by Crippen LogP contribution is -2.49. The number of rotatable bonds is 9. The van der Waals surface area contributed by atoms with Crippen LogP contribution in [-0.4, -0.2) is 45.2 Å². The van der Waals surface area contributed by atoms with Gasteiger partial charge in [0.05, 0.1) is 23.5 Å². The van der Waals surface area contributed by atoms with Crippen molar-refractivity contribution in [2.75, 3.05) is 17.6 Å². The molecule has 3 atom stereocenters. The molecule has 0 saturated carbocycles. The lowest BCUT2D eigenvalue weighted by Gasteiger charge is -2.27. The van der Waals surface area contributed by atoms with Crippen molar-refractivity contribution >= 4 is 27.5 Å². The van der Waals surface area contributed by atoms with Gasteiger partial charge >= 0.3 is 0 Å². The summed E-state index contributed by atoms with van der Waals surface area (Å²) in [5, 5.41) is 2.87. The fraction of sp³-hybridized carbons (Fsp3) is 0.286. The molecule has 1 heterocycles. The summed E-state index contributed by atoms with van der Waals surface area (Å²) in [5.41, 5.74) is 11.2. The summed E-state index contributed by atoms with van der Waals surface area (Å²) in [7, 11) is -2.22. The van der Waals surface area contributed by atoms with E-state index in [2.05, 4.69) is 15.8 Å². The Morgan fingerprint density at radius 3 is 2.49 bits per heavy atom. The van der Waals surface area contributed by atoms with Crippen molar-refractivity contribution in [3.63, 3.8) is 0 Å². The summed E-state index contributed by atoms with van der Waals surface area (Å²) >= 11 is 0. The van der Waals surface area contributed by atoms with Crippen molar-refractivity contribution in [3.05, 3.63) is 101 Å². The number of hydrogen-bond donors (Lipinski definition) is 3. The maximum absolute atomic E-state index is 13.3. The number of amides is 1. The molecule has 3 aromatic rings. The van der Waals surface area contributed by atoms with Gasteiger partial charge in [0, 0.05) is 18.2 Å². The van der Waals surface area contributed by atoms with E-state index in [1.54, 1.807) is 31.2 Å². The molecule has 0 aliphatic carbocycles. The van der Waals surface area contributed by atoms with Crippen LogP contribution in [0.1, 0.15) is 46.9 Å². The van der Waals surface area contributed by atoms with E-state index >= 15 is 0 Å². The molecule has 4 rings (SSSR count). The van der Waals surface area contributed by atoms with Crippen molar-refractivity contribution in [2.24, 2.45) is 10.7 Å².